The molecular weight excluding hydrogens is 382 g/mol. The van der Waals surface area contributed by atoms with Crippen molar-refractivity contribution in [2.75, 3.05) is 20.8 Å². The van der Waals surface area contributed by atoms with E-state index in [0.717, 1.165) is 11.1 Å². The molecule has 3 rings (SSSR count). The number of hydrogen-bond donors (Lipinski definition) is 1. The quantitative estimate of drug-likeness (QED) is 0.623. The van der Waals surface area contributed by atoms with Gasteiger partial charge in [-0.25, -0.2) is 0 Å². The van der Waals surface area contributed by atoms with E-state index < -0.39 is 5.91 Å². The van der Waals surface area contributed by atoms with Gasteiger partial charge in [0.05, 0.1) is 20.6 Å². The Morgan fingerprint density at radius 1 is 1.04 bits per heavy atom. The van der Waals surface area contributed by atoms with E-state index in [-0.39, 0.29) is 5.89 Å². The van der Waals surface area contributed by atoms with Crippen molar-refractivity contribution in [1.82, 2.24) is 15.5 Å². The molecule has 2 aromatic carbocycles. The highest BCUT2D eigenvalue weighted by molar-refractivity contribution is 6.30. The maximum Gasteiger partial charge on any atom is 0.308 e. The fourth-order valence-corrected chi connectivity index (χ4v) is 2.76. The zero-order valence-corrected chi connectivity index (χ0v) is 16.3. The number of carbonyl (C=O) groups excluding carboxylic acids is 1. The van der Waals surface area contributed by atoms with E-state index in [4.69, 9.17) is 25.5 Å². The summed E-state index contributed by atoms with van der Waals surface area (Å²) < 4.78 is 16.0. The molecule has 3 aromatic rings. The number of benzene rings is 2. The van der Waals surface area contributed by atoms with E-state index in [1.165, 1.54) is 0 Å². The topological polar surface area (TPSA) is 86.5 Å². The Bertz CT molecular complexity index is 941. The van der Waals surface area contributed by atoms with Crippen molar-refractivity contribution >= 4 is 17.5 Å². The Balaban J connectivity index is 1.55. The monoisotopic (exact) mass is 401 g/mol. The molecule has 1 heterocycles. The van der Waals surface area contributed by atoms with Gasteiger partial charge in [0.2, 0.25) is 5.89 Å². The summed E-state index contributed by atoms with van der Waals surface area (Å²) in [7, 11) is 3.15. The Labute approximate surface area is 167 Å². The summed E-state index contributed by atoms with van der Waals surface area (Å²) in [5.41, 5.74) is 1.97. The van der Waals surface area contributed by atoms with Crippen LogP contribution in [-0.4, -0.2) is 36.9 Å². The van der Waals surface area contributed by atoms with Crippen LogP contribution in [0.15, 0.2) is 46.9 Å². The highest BCUT2D eigenvalue weighted by atomic mass is 35.5. The molecule has 0 bridgehead atoms. The Hall–Kier alpha value is -3.06. The molecule has 0 spiro atoms. The normalized spacial score (nSPS) is 10.5. The van der Waals surface area contributed by atoms with Crippen LogP contribution in [0.25, 0.3) is 0 Å². The van der Waals surface area contributed by atoms with Crippen molar-refractivity contribution in [3.8, 4) is 11.5 Å². The van der Waals surface area contributed by atoms with Crippen LogP contribution in [0.3, 0.4) is 0 Å². The third kappa shape index (κ3) is 5.01. The molecule has 0 aliphatic carbocycles. The lowest BCUT2D eigenvalue weighted by Crippen LogP contribution is -2.26. The molecule has 0 radical (unpaired) electrons. The highest BCUT2D eigenvalue weighted by Crippen LogP contribution is 2.28. The maximum atomic E-state index is 12.2. The Morgan fingerprint density at radius 2 is 1.75 bits per heavy atom. The highest BCUT2D eigenvalue weighted by Gasteiger charge is 2.15. The number of methoxy groups -OCH3 is 2. The SMILES string of the molecule is COc1ccc(Cc2nnc(C(=O)NCCc3ccc(Cl)cc3)o2)cc1OC. The van der Waals surface area contributed by atoms with Gasteiger partial charge in [0.25, 0.3) is 0 Å². The molecule has 0 saturated carbocycles. The van der Waals surface area contributed by atoms with E-state index in [0.29, 0.717) is 41.8 Å². The molecule has 146 valence electrons. The summed E-state index contributed by atoms with van der Waals surface area (Å²) in [6.07, 6.45) is 1.06. The smallest absolute Gasteiger partial charge is 0.308 e. The number of nitrogens with zero attached hydrogens (tertiary/aromatic N) is 2. The van der Waals surface area contributed by atoms with Crippen LogP contribution >= 0.6 is 11.6 Å². The second-order valence-electron chi connectivity index (χ2n) is 6.00. The molecule has 8 heteroatoms. The molecule has 1 N–H and O–H groups in total. The van der Waals surface area contributed by atoms with Crippen LogP contribution in [0, 0.1) is 0 Å². The van der Waals surface area contributed by atoms with Crippen molar-refractivity contribution in [2.24, 2.45) is 0 Å². The average Bonchev–Trinajstić information content (AvgIpc) is 3.18. The first-order valence-corrected chi connectivity index (χ1v) is 9.02. The molecular formula is C20H20ClN3O4. The third-order valence-electron chi connectivity index (χ3n) is 4.08. The molecule has 0 fully saturated rings. The number of hydrogen-bond acceptors (Lipinski definition) is 6. The summed E-state index contributed by atoms with van der Waals surface area (Å²) in [6, 6.07) is 13.0. The molecule has 0 atom stereocenters. The van der Waals surface area contributed by atoms with Crippen molar-refractivity contribution in [3.05, 3.63) is 70.4 Å². The first-order valence-electron chi connectivity index (χ1n) is 8.65. The van der Waals surface area contributed by atoms with Gasteiger partial charge in [0.1, 0.15) is 0 Å². The number of rotatable bonds is 8. The molecule has 0 aliphatic rings. The zero-order chi connectivity index (χ0) is 19.9. The van der Waals surface area contributed by atoms with Crippen molar-refractivity contribution in [1.29, 1.82) is 0 Å². The zero-order valence-electron chi connectivity index (χ0n) is 15.6. The fraction of sp³-hybridized carbons (Fsp3) is 0.250. The van der Waals surface area contributed by atoms with Gasteiger partial charge in [-0.1, -0.05) is 29.8 Å². The molecule has 7 nitrogen and oxygen atoms in total. The van der Waals surface area contributed by atoms with Gasteiger partial charge in [0, 0.05) is 11.6 Å². The number of carbonyl (C=O) groups is 1. The predicted octanol–water partition coefficient (Wildman–Crippen LogP) is 3.30. The summed E-state index contributed by atoms with van der Waals surface area (Å²) in [5.74, 6) is 1.12. The van der Waals surface area contributed by atoms with E-state index in [2.05, 4.69) is 15.5 Å². The van der Waals surface area contributed by atoms with Gasteiger partial charge >= 0.3 is 11.8 Å². The Kier molecular flexibility index (Phi) is 6.49. The van der Waals surface area contributed by atoms with Gasteiger partial charge in [0.15, 0.2) is 11.5 Å². The fourth-order valence-electron chi connectivity index (χ4n) is 2.63. The summed E-state index contributed by atoms with van der Waals surface area (Å²) >= 11 is 5.86. The van der Waals surface area contributed by atoms with Gasteiger partial charge < -0.3 is 19.2 Å². The Morgan fingerprint density at radius 3 is 2.46 bits per heavy atom. The van der Waals surface area contributed by atoms with Crippen LogP contribution in [0.1, 0.15) is 27.7 Å². The standard InChI is InChI=1S/C20H20ClN3O4/c1-26-16-8-5-14(11-17(16)27-2)12-18-23-24-20(28-18)19(25)22-10-9-13-3-6-15(21)7-4-13/h3-8,11H,9-10,12H2,1-2H3,(H,22,25). The lowest BCUT2D eigenvalue weighted by atomic mass is 10.1. The van der Waals surface area contributed by atoms with Crippen molar-refractivity contribution in [3.63, 3.8) is 0 Å². The largest absolute Gasteiger partial charge is 0.493 e. The number of aromatic nitrogens is 2. The molecule has 0 saturated heterocycles. The number of halogens is 1. The minimum absolute atomic E-state index is 0.0633. The minimum atomic E-state index is -0.403. The first-order chi connectivity index (χ1) is 13.6. The molecule has 1 amide bonds. The van der Waals surface area contributed by atoms with Crippen LogP contribution in [0.4, 0.5) is 0 Å². The lowest BCUT2D eigenvalue weighted by Gasteiger charge is -2.08. The van der Waals surface area contributed by atoms with E-state index >= 15 is 0 Å². The minimum Gasteiger partial charge on any atom is -0.493 e. The summed E-state index contributed by atoms with van der Waals surface area (Å²) in [5, 5.41) is 11.2. The average molecular weight is 402 g/mol. The first kappa shape index (κ1) is 19.7. The molecule has 1 aromatic heterocycles. The molecule has 0 aliphatic heterocycles. The second-order valence-corrected chi connectivity index (χ2v) is 6.44. The van der Waals surface area contributed by atoms with Gasteiger partial charge in [-0.05, 0) is 41.8 Å². The predicted molar refractivity (Wildman–Crippen MR) is 104 cm³/mol. The van der Waals surface area contributed by atoms with Crippen molar-refractivity contribution in [2.45, 2.75) is 12.8 Å². The van der Waals surface area contributed by atoms with E-state index in [1.54, 1.807) is 20.3 Å². The number of ether oxygens (including phenoxy) is 2. The van der Waals surface area contributed by atoms with Crippen LogP contribution in [0.5, 0.6) is 11.5 Å². The maximum absolute atomic E-state index is 12.2. The second kappa shape index (κ2) is 9.23. The van der Waals surface area contributed by atoms with Gasteiger partial charge in [-0.3, -0.25) is 4.79 Å². The van der Waals surface area contributed by atoms with Crippen LogP contribution < -0.4 is 14.8 Å². The van der Waals surface area contributed by atoms with Crippen molar-refractivity contribution < 1.29 is 18.7 Å². The molecule has 28 heavy (non-hydrogen) atoms. The van der Waals surface area contributed by atoms with Gasteiger partial charge in [-0.2, -0.15) is 0 Å². The summed E-state index contributed by atoms with van der Waals surface area (Å²) in [4.78, 5) is 12.2. The van der Waals surface area contributed by atoms with Crippen LogP contribution in [-0.2, 0) is 12.8 Å². The lowest BCUT2D eigenvalue weighted by molar-refractivity contribution is 0.0918. The van der Waals surface area contributed by atoms with E-state index in [9.17, 15) is 4.79 Å². The molecule has 0 unspecified atom stereocenters. The number of amides is 1. The van der Waals surface area contributed by atoms with E-state index in [1.807, 2.05) is 36.4 Å². The third-order valence-corrected chi connectivity index (χ3v) is 4.33. The summed E-state index contributed by atoms with van der Waals surface area (Å²) in [6.45, 7) is 0.452. The van der Waals surface area contributed by atoms with Gasteiger partial charge in [-0.15, -0.1) is 10.2 Å². The number of nitrogens with one attached hydrogen (secondary N) is 1. The van der Waals surface area contributed by atoms with Crippen LogP contribution in [0.2, 0.25) is 5.02 Å².